The van der Waals surface area contributed by atoms with Crippen molar-refractivity contribution in [3.8, 4) is 0 Å². The molecule has 0 spiro atoms. The van der Waals surface area contributed by atoms with Gasteiger partial charge in [0, 0.05) is 13.0 Å². The van der Waals surface area contributed by atoms with Crippen LogP contribution in [-0.4, -0.2) is 42.9 Å². The first-order chi connectivity index (χ1) is 12.2. The van der Waals surface area contributed by atoms with Crippen molar-refractivity contribution >= 4 is 11.8 Å². The van der Waals surface area contributed by atoms with Gasteiger partial charge in [-0.2, -0.15) is 0 Å². The third-order valence-corrected chi connectivity index (χ3v) is 5.25. The molecule has 0 aromatic heterocycles. The zero-order valence-electron chi connectivity index (χ0n) is 14.9. The van der Waals surface area contributed by atoms with Gasteiger partial charge in [-0.1, -0.05) is 30.7 Å². The first-order valence-electron chi connectivity index (χ1n) is 9.58. The third kappa shape index (κ3) is 5.30. The van der Waals surface area contributed by atoms with E-state index in [-0.39, 0.29) is 24.4 Å². The second-order valence-electron chi connectivity index (χ2n) is 7.14. The molecule has 1 aliphatic carbocycles. The summed E-state index contributed by atoms with van der Waals surface area (Å²) in [7, 11) is 0. The first-order valence-corrected chi connectivity index (χ1v) is 9.58. The molecule has 0 radical (unpaired) electrons. The zero-order chi connectivity index (χ0) is 17.5. The molecule has 5 heteroatoms. The van der Waals surface area contributed by atoms with Crippen molar-refractivity contribution in [1.82, 2.24) is 15.5 Å². The van der Waals surface area contributed by atoms with Gasteiger partial charge in [-0.25, -0.2) is 0 Å². The molecular weight excluding hydrogens is 314 g/mol. The topological polar surface area (TPSA) is 61.4 Å². The molecule has 1 heterocycles. The summed E-state index contributed by atoms with van der Waals surface area (Å²) >= 11 is 0. The number of benzene rings is 1. The van der Waals surface area contributed by atoms with Crippen LogP contribution < -0.4 is 10.6 Å². The number of carbonyl (C=O) groups is 2. The fraction of sp³-hybridized carbons (Fsp3) is 0.600. The van der Waals surface area contributed by atoms with Crippen molar-refractivity contribution in [1.29, 1.82) is 0 Å². The number of nitrogens with zero attached hydrogens (tertiary/aromatic N) is 1. The van der Waals surface area contributed by atoms with Crippen molar-refractivity contribution in [2.24, 2.45) is 0 Å². The Balaban J connectivity index is 1.39. The molecule has 1 aromatic carbocycles. The summed E-state index contributed by atoms with van der Waals surface area (Å²) in [6, 6.07) is 8.37. The van der Waals surface area contributed by atoms with E-state index in [2.05, 4.69) is 27.7 Å². The Morgan fingerprint density at radius 3 is 2.68 bits per heavy atom. The Morgan fingerprint density at radius 2 is 1.84 bits per heavy atom. The van der Waals surface area contributed by atoms with Gasteiger partial charge in [0.1, 0.15) is 0 Å². The fourth-order valence-electron chi connectivity index (χ4n) is 3.86. The average molecular weight is 343 g/mol. The number of likely N-dealkylation sites (tertiary alicyclic amines) is 1. The maximum atomic E-state index is 12.2. The number of piperidine rings is 1. The van der Waals surface area contributed by atoms with Crippen molar-refractivity contribution in [3.05, 3.63) is 35.4 Å². The van der Waals surface area contributed by atoms with E-state index in [1.54, 1.807) is 0 Å². The summed E-state index contributed by atoms with van der Waals surface area (Å²) in [5.41, 5.74) is 2.54. The Hall–Kier alpha value is -1.88. The number of fused-ring (bicyclic) bond motifs is 1. The summed E-state index contributed by atoms with van der Waals surface area (Å²) in [5.74, 6) is -0.141. The molecular formula is C20H29N3O2. The van der Waals surface area contributed by atoms with Crippen LogP contribution in [0.2, 0.25) is 0 Å². The number of nitrogens with one attached hydrogen (secondary N) is 2. The second-order valence-corrected chi connectivity index (χ2v) is 7.14. The highest BCUT2D eigenvalue weighted by atomic mass is 16.2. The highest BCUT2D eigenvalue weighted by molar-refractivity contribution is 5.85. The van der Waals surface area contributed by atoms with Crippen LogP contribution in [0, 0.1) is 0 Å². The van der Waals surface area contributed by atoms with Crippen molar-refractivity contribution in [3.63, 3.8) is 0 Å². The summed E-state index contributed by atoms with van der Waals surface area (Å²) < 4.78 is 0. The Bertz CT molecular complexity index is 596. The van der Waals surface area contributed by atoms with Gasteiger partial charge in [0.2, 0.25) is 11.8 Å². The van der Waals surface area contributed by atoms with Crippen LogP contribution in [0.15, 0.2) is 24.3 Å². The van der Waals surface area contributed by atoms with E-state index < -0.39 is 0 Å². The standard InChI is InChI=1S/C20H29N3O2/c24-19(11-14-23-12-4-1-5-13-23)21-15-20(25)22-18-10-6-8-16-7-2-3-9-17(16)18/h2-3,7,9,18H,1,4-6,8,10-15H2,(H,21,24)(H,22,25)/t18-/m1/s1. The van der Waals surface area contributed by atoms with E-state index in [4.69, 9.17) is 0 Å². The number of carbonyl (C=O) groups excluding carboxylic acids is 2. The average Bonchev–Trinajstić information content (AvgIpc) is 2.66. The normalized spacial score (nSPS) is 20.6. The minimum atomic E-state index is -0.104. The summed E-state index contributed by atoms with van der Waals surface area (Å²) in [6.45, 7) is 3.05. The Morgan fingerprint density at radius 1 is 1.04 bits per heavy atom. The predicted octanol–water partition coefficient (Wildman–Crippen LogP) is 2.17. The van der Waals surface area contributed by atoms with Gasteiger partial charge in [-0.05, 0) is 56.3 Å². The SMILES string of the molecule is O=C(CCN1CCCCC1)NCC(=O)N[C@@H]1CCCc2ccccc21. The first kappa shape index (κ1) is 17.9. The highest BCUT2D eigenvalue weighted by Gasteiger charge is 2.21. The zero-order valence-corrected chi connectivity index (χ0v) is 14.9. The molecule has 0 saturated carbocycles. The van der Waals surface area contributed by atoms with Crippen LogP contribution in [0.25, 0.3) is 0 Å². The summed E-state index contributed by atoms with van der Waals surface area (Å²) in [5, 5.41) is 5.83. The lowest BCUT2D eigenvalue weighted by atomic mass is 9.88. The van der Waals surface area contributed by atoms with E-state index in [9.17, 15) is 9.59 Å². The molecule has 1 aliphatic heterocycles. The van der Waals surface area contributed by atoms with E-state index >= 15 is 0 Å². The minimum Gasteiger partial charge on any atom is -0.348 e. The Labute approximate surface area is 150 Å². The van der Waals surface area contributed by atoms with Crippen molar-refractivity contribution < 1.29 is 9.59 Å². The lowest BCUT2D eigenvalue weighted by molar-refractivity contribution is -0.126. The second kappa shape index (κ2) is 8.99. The molecule has 1 saturated heterocycles. The number of hydrogen-bond acceptors (Lipinski definition) is 3. The highest BCUT2D eigenvalue weighted by Crippen LogP contribution is 2.29. The van der Waals surface area contributed by atoms with Crippen LogP contribution in [0.3, 0.4) is 0 Å². The van der Waals surface area contributed by atoms with Gasteiger partial charge in [0.25, 0.3) is 0 Å². The summed E-state index contributed by atoms with van der Waals surface area (Å²) in [6.07, 6.45) is 7.36. The van der Waals surface area contributed by atoms with E-state index in [0.717, 1.165) is 38.9 Å². The Kier molecular flexibility index (Phi) is 6.45. The number of amides is 2. The fourth-order valence-corrected chi connectivity index (χ4v) is 3.86. The van der Waals surface area contributed by atoms with E-state index in [1.165, 1.54) is 30.4 Å². The summed E-state index contributed by atoms with van der Waals surface area (Å²) in [4.78, 5) is 26.5. The number of aryl methyl sites for hydroxylation is 1. The largest absolute Gasteiger partial charge is 0.348 e. The van der Waals surface area contributed by atoms with Gasteiger partial charge < -0.3 is 15.5 Å². The molecule has 3 rings (SSSR count). The molecule has 2 aliphatic rings. The van der Waals surface area contributed by atoms with E-state index in [0.29, 0.717) is 6.42 Å². The van der Waals surface area contributed by atoms with Gasteiger partial charge in [0.05, 0.1) is 12.6 Å². The molecule has 1 aromatic rings. The van der Waals surface area contributed by atoms with Gasteiger partial charge in [-0.15, -0.1) is 0 Å². The molecule has 0 unspecified atom stereocenters. The number of rotatable bonds is 6. The van der Waals surface area contributed by atoms with Crippen molar-refractivity contribution in [2.75, 3.05) is 26.2 Å². The molecule has 1 atom stereocenters. The minimum absolute atomic E-state index is 0.0373. The third-order valence-electron chi connectivity index (χ3n) is 5.25. The molecule has 2 N–H and O–H groups in total. The van der Waals surface area contributed by atoms with Crippen LogP contribution >= 0.6 is 0 Å². The monoisotopic (exact) mass is 343 g/mol. The molecule has 1 fully saturated rings. The number of hydrogen-bond donors (Lipinski definition) is 2. The van der Waals surface area contributed by atoms with Crippen LogP contribution in [-0.2, 0) is 16.0 Å². The lowest BCUT2D eigenvalue weighted by Gasteiger charge is -2.26. The van der Waals surface area contributed by atoms with Gasteiger partial charge >= 0.3 is 0 Å². The van der Waals surface area contributed by atoms with Crippen LogP contribution in [0.1, 0.15) is 55.7 Å². The maximum Gasteiger partial charge on any atom is 0.239 e. The quantitative estimate of drug-likeness (QED) is 0.832. The van der Waals surface area contributed by atoms with Crippen molar-refractivity contribution in [2.45, 2.75) is 51.0 Å². The van der Waals surface area contributed by atoms with E-state index in [1.807, 2.05) is 12.1 Å². The molecule has 2 amide bonds. The van der Waals surface area contributed by atoms with Crippen LogP contribution in [0.4, 0.5) is 0 Å². The maximum absolute atomic E-state index is 12.2. The molecule has 5 nitrogen and oxygen atoms in total. The van der Waals surface area contributed by atoms with Gasteiger partial charge in [-0.3, -0.25) is 9.59 Å². The lowest BCUT2D eigenvalue weighted by Crippen LogP contribution is -2.40. The smallest absolute Gasteiger partial charge is 0.239 e. The molecule has 0 bridgehead atoms. The molecule has 136 valence electrons. The van der Waals surface area contributed by atoms with Crippen LogP contribution in [0.5, 0.6) is 0 Å². The molecule has 25 heavy (non-hydrogen) atoms. The van der Waals surface area contributed by atoms with Gasteiger partial charge in [0.15, 0.2) is 0 Å². The predicted molar refractivity (Wildman–Crippen MR) is 98.2 cm³/mol.